The molecular weight excluding hydrogens is 235 g/mol. The standard InChI is InChI=1S/C11H12F3NO2/c1-6(16)5-15-11(17)3-7-2-9(13)10(14)4-8(7)12/h2,4,6,16H,3,5H2,1H3,(H,15,17). The Morgan fingerprint density at radius 1 is 1.29 bits per heavy atom. The summed E-state index contributed by atoms with van der Waals surface area (Å²) >= 11 is 0. The molecule has 1 aromatic carbocycles. The molecule has 17 heavy (non-hydrogen) atoms. The molecule has 1 atom stereocenters. The van der Waals surface area contributed by atoms with Gasteiger partial charge in [-0.1, -0.05) is 0 Å². The fourth-order valence-corrected chi connectivity index (χ4v) is 1.20. The summed E-state index contributed by atoms with van der Waals surface area (Å²) in [6.45, 7) is 1.49. The first-order valence-electron chi connectivity index (χ1n) is 4.98. The first kappa shape index (κ1) is 13.5. The highest BCUT2D eigenvalue weighted by atomic mass is 19.2. The molecule has 0 saturated carbocycles. The fourth-order valence-electron chi connectivity index (χ4n) is 1.20. The molecule has 3 nitrogen and oxygen atoms in total. The highest BCUT2D eigenvalue weighted by Crippen LogP contribution is 2.14. The van der Waals surface area contributed by atoms with Crippen LogP contribution in [0.5, 0.6) is 0 Å². The summed E-state index contributed by atoms with van der Waals surface area (Å²) in [4.78, 5) is 11.3. The Labute approximate surface area is 96.3 Å². The zero-order chi connectivity index (χ0) is 13.0. The van der Waals surface area contributed by atoms with Crippen molar-refractivity contribution in [1.82, 2.24) is 5.32 Å². The van der Waals surface area contributed by atoms with Crippen molar-refractivity contribution in [3.8, 4) is 0 Å². The van der Waals surface area contributed by atoms with Gasteiger partial charge in [-0.05, 0) is 13.0 Å². The Kier molecular flexibility index (Phi) is 4.51. The van der Waals surface area contributed by atoms with Crippen molar-refractivity contribution in [2.45, 2.75) is 19.4 Å². The summed E-state index contributed by atoms with van der Waals surface area (Å²) < 4.78 is 38.6. The Hall–Kier alpha value is -1.56. The molecule has 1 rings (SSSR count). The summed E-state index contributed by atoms with van der Waals surface area (Å²) in [5.41, 5.74) is -0.230. The first-order valence-corrected chi connectivity index (χ1v) is 4.98. The molecule has 94 valence electrons. The summed E-state index contributed by atoms with van der Waals surface area (Å²) in [7, 11) is 0. The van der Waals surface area contributed by atoms with Crippen LogP contribution in [0.25, 0.3) is 0 Å². The van der Waals surface area contributed by atoms with Crippen molar-refractivity contribution >= 4 is 5.91 Å². The maximum atomic E-state index is 13.2. The second kappa shape index (κ2) is 5.67. The Balaban J connectivity index is 2.68. The molecule has 0 aliphatic rings. The van der Waals surface area contributed by atoms with Crippen molar-refractivity contribution in [3.63, 3.8) is 0 Å². The van der Waals surface area contributed by atoms with Crippen LogP contribution in [0.2, 0.25) is 0 Å². The number of carbonyl (C=O) groups is 1. The minimum Gasteiger partial charge on any atom is -0.392 e. The summed E-state index contributed by atoms with van der Waals surface area (Å²) in [6.07, 6.45) is -1.13. The third-order valence-electron chi connectivity index (χ3n) is 2.03. The molecule has 0 spiro atoms. The average molecular weight is 247 g/mol. The molecule has 0 saturated heterocycles. The van der Waals surface area contributed by atoms with Gasteiger partial charge in [0.15, 0.2) is 11.6 Å². The van der Waals surface area contributed by atoms with Gasteiger partial charge in [0.1, 0.15) is 5.82 Å². The first-order chi connectivity index (χ1) is 7.90. The van der Waals surface area contributed by atoms with E-state index in [0.29, 0.717) is 12.1 Å². The van der Waals surface area contributed by atoms with E-state index < -0.39 is 35.9 Å². The van der Waals surface area contributed by atoms with E-state index in [1.807, 2.05) is 0 Å². The lowest BCUT2D eigenvalue weighted by molar-refractivity contribution is -0.120. The van der Waals surface area contributed by atoms with Crippen molar-refractivity contribution in [1.29, 1.82) is 0 Å². The normalized spacial score (nSPS) is 12.3. The van der Waals surface area contributed by atoms with Gasteiger partial charge < -0.3 is 10.4 Å². The number of halogens is 3. The predicted molar refractivity (Wildman–Crippen MR) is 54.7 cm³/mol. The Morgan fingerprint density at radius 3 is 2.47 bits per heavy atom. The zero-order valence-corrected chi connectivity index (χ0v) is 9.14. The lowest BCUT2D eigenvalue weighted by Gasteiger charge is -2.08. The van der Waals surface area contributed by atoms with Crippen LogP contribution in [0.4, 0.5) is 13.2 Å². The largest absolute Gasteiger partial charge is 0.392 e. The summed E-state index contributed by atoms with van der Waals surface area (Å²) in [6, 6.07) is 1.04. The quantitative estimate of drug-likeness (QED) is 0.784. The SMILES string of the molecule is CC(O)CNC(=O)Cc1cc(F)c(F)cc1F. The van der Waals surface area contributed by atoms with Crippen LogP contribution in [0.3, 0.4) is 0 Å². The highest BCUT2D eigenvalue weighted by Gasteiger charge is 2.13. The molecular formula is C11H12F3NO2. The Morgan fingerprint density at radius 2 is 1.88 bits per heavy atom. The van der Waals surface area contributed by atoms with Gasteiger partial charge in [0.05, 0.1) is 12.5 Å². The van der Waals surface area contributed by atoms with Crippen LogP contribution in [0, 0.1) is 17.5 Å². The molecule has 0 aliphatic heterocycles. The van der Waals surface area contributed by atoms with Gasteiger partial charge in [-0.15, -0.1) is 0 Å². The van der Waals surface area contributed by atoms with Crippen molar-refractivity contribution in [2.24, 2.45) is 0 Å². The summed E-state index contributed by atoms with van der Waals surface area (Å²) in [5.74, 6) is -4.05. The zero-order valence-electron chi connectivity index (χ0n) is 9.14. The van der Waals surface area contributed by atoms with Gasteiger partial charge in [-0.3, -0.25) is 4.79 Å². The van der Waals surface area contributed by atoms with Crippen LogP contribution >= 0.6 is 0 Å². The van der Waals surface area contributed by atoms with Crippen LogP contribution in [-0.2, 0) is 11.2 Å². The maximum absolute atomic E-state index is 13.2. The van der Waals surface area contributed by atoms with Gasteiger partial charge >= 0.3 is 0 Å². The predicted octanol–water partition coefficient (Wildman–Crippen LogP) is 1.14. The average Bonchev–Trinajstić information content (AvgIpc) is 2.23. The molecule has 6 heteroatoms. The number of hydrogen-bond acceptors (Lipinski definition) is 2. The van der Waals surface area contributed by atoms with E-state index in [1.165, 1.54) is 6.92 Å². The molecule has 1 amide bonds. The van der Waals surface area contributed by atoms with E-state index in [1.54, 1.807) is 0 Å². The van der Waals surface area contributed by atoms with Crippen molar-refractivity contribution < 1.29 is 23.1 Å². The lowest BCUT2D eigenvalue weighted by Crippen LogP contribution is -2.31. The van der Waals surface area contributed by atoms with Gasteiger partial charge in [-0.2, -0.15) is 0 Å². The molecule has 0 aromatic heterocycles. The lowest BCUT2D eigenvalue weighted by atomic mass is 10.1. The molecule has 1 unspecified atom stereocenters. The van der Waals surface area contributed by atoms with E-state index in [9.17, 15) is 18.0 Å². The molecule has 0 heterocycles. The number of rotatable bonds is 4. The monoisotopic (exact) mass is 247 g/mol. The molecule has 2 N–H and O–H groups in total. The molecule has 0 aliphatic carbocycles. The number of carbonyl (C=O) groups excluding carboxylic acids is 1. The number of aliphatic hydroxyl groups is 1. The maximum Gasteiger partial charge on any atom is 0.224 e. The van der Waals surface area contributed by atoms with Gasteiger partial charge in [-0.25, -0.2) is 13.2 Å². The number of nitrogens with one attached hydrogen (secondary N) is 1. The van der Waals surface area contributed by atoms with Crippen LogP contribution in [0.15, 0.2) is 12.1 Å². The van der Waals surface area contributed by atoms with Crippen LogP contribution in [0.1, 0.15) is 12.5 Å². The fraction of sp³-hybridized carbons (Fsp3) is 0.364. The number of amides is 1. The van der Waals surface area contributed by atoms with E-state index in [2.05, 4.69) is 5.32 Å². The minimum absolute atomic E-state index is 0.0180. The highest BCUT2D eigenvalue weighted by molar-refractivity contribution is 5.78. The second-order valence-electron chi connectivity index (χ2n) is 3.69. The number of benzene rings is 1. The number of aliphatic hydroxyl groups excluding tert-OH is 1. The summed E-state index contributed by atoms with van der Waals surface area (Å²) in [5, 5.41) is 11.2. The topological polar surface area (TPSA) is 49.3 Å². The third-order valence-corrected chi connectivity index (χ3v) is 2.03. The Bertz CT molecular complexity index is 421. The molecule has 0 fully saturated rings. The third kappa shape index (κ3) is 4.07. The number of hydrogen-bond donors (Lipinski definition) is 2. The van der Waals surface area contributed by atoms with Gasteiger partial charge in [0.2, 0.25) is 5.91 Å². The van der Waals surface area contributed by atoms with E-state index in [4.69, 9.17) is 5.11 Å². The van der Waals surface area contributed by atoms with E-state index >= 15 is 0 Å². The minimum atomic E-state index is -1.30. The van der Waals surface area contributed by atoms with Gasteiger partial charge in [0, 0.05) is 18.2 Å². The molecule has 1 aromatic rings. The van der Waals surface area contributed by atoms with Crippen molar-refractivity contribution in [3.05, 3.63) is 35.1 Å². The molecule has 0 bridgehead atoms. The van der Waals surface area contributed by atoms with Crippen molar-refractivity contribution in [2.75, 3.05) is 6.54 Å². The smallest absolute Gasteiger partial charge is 0.224 e. The van der Waals surface area contributed by atoms with Crippen LogP contribution in [-0.4, -0.2) is 23.7 Å². The van der Waals surface area contributed by atoms with E-state index in [0.717, 1.165) is 0 Å². The van der Waals surface area contributed by atoms with E-state index in [-0.39, 0.29) is 12.1 Å². The molecule has 0 radical (unpaired) electrons. The van der Waals surface area contributed by atoms with Crippen LogP contribution < -0.4 is 5.32 Å². The van der Waals surface area contributed by atoms with Gasteiger partial charge in [0.25, 0.3) is 0 Å². The second-order valence-corrected chi connectivity index (χ2v) is 3.69.